The van der Waals surface area contributed by atoms with E-state index in [0.29, 0.717) is 28.4 Å². The van der Waals surface area contributed by atoms with Crippen molar-refractivity contribution in [2.75, 3.05) is 18.0 Å². The Hall–Kier alpha value is -4.32. The van der Waals surface area contributed by atoms with Crippen LogP contribution >= 0.6 is 0 Å². The second-order valence-electron chi connectivity index (χ2n) is 10.4. The number of para-hydroxylation sites is 1. The van der Waals surface area contributed by atoms with Crippen molar-refractivity contribution >= 4 is 23.0 Å². The van der Waals surface area contributed by atoms with Crippen LogP contribution in [0.5, 0.6) is 11.5 Å². The number of hydrogen-bond donors (Lipinski definition) is 0. The summed E-state index contributed by atoms with van der Waals surface area (Å²) >= 11 is 0. The molecule has 0 radical (unpaired) electrons. The highest BCUT2D eigenvalue weighted by molar-refractivity contribution is 6.28. The molecular formula is C32H27NO5. The topological polar surface area (TPSA) is 65.1 Å². The SMILES string of the molecule is CC1=C/C(=C2\C(=O)Oc3ccccc3C2=O)C=C(/C=C2\C=C(C)c3cc4c5c(c3O2)CCCN5CCC4)O1. The molecule has 38 heavy (non-hydrogen) atoms. The maximum atomic E-state index is 13.2. The normalized spacial score (nSPS) is 22.7. The summed E-state index contributed by atoms with van der Waals surface area (Å²) in [4.78, 5) is 28.5. The Balaban J connectivity index is 1.28. The minimum Gasteiger partial charge on any atom is -0.462 e. The maximum absolute atomic E-state index is 13.2. The number of Topliss-reactive ketones (excluding diaryl/α,β-unsaturated/α-hetero) is 1. The van der Waals surface area contributed by atoms with Gasteiger partial charge in [-0.1, -0.05) is 12.1 Å². The van der Waals surface area contributed by atoms with E-state index >= 15 is 0 Å². The van der Waals surface area contributed by atoms with Gasteiger partial charge in [0.2, 0.25) is 5.78 Å². The Morgan fingerprint density at radius 1 is 0.895 bits per heavy atom. The van der Waals surface area contributed by atoms with E-state index in [-0.39, 0.29) is 17.1 Å². The van der Waals surface area contributed by atoms with E-state index in [1.54, 1.807) is 43.3 Å². The number of hydrogen-bond acceptors (Lipinski definition) is 6. The van der Waals surface area contributed by atoms with Gasteiger partial charge in [0.25, 0.3) is 0 Å². The summed E-state index contributed by atoms with van der Waals surface area (Å²) in [5.74, 6) is 1.92. The van der Waals surface area contributed by atoms with Crippen molar-refractivity contribution in [1.82, 2.24) is 0 Å². The first kappa shape index (κ1) is 22.8. The zero-order valence-corrected chi connectivity index (χ0v) is 21.4. The minimum absolute atomic E-state index is 0.0000259. The quantitative estimate of drug-likeness (QED) is 0.206. The van der Waals surface area contributed by atoms with Gasteiger partial charge in [-0.25, -0.2) is 4.79 Å². The average Bonchev–Trinajstić information content (AvgIpc) is 2.89. The smallest absolute Gasteiger partial charge is 0.348 e. The first-order valence-corrected chi connectivity index (χ1v) is 13.2. The van der Waals surface area contributed by atoms with Gasteiger partial charge in [-0.15, -0.1) is 0 Å². The fourth-order valence-electron chi connectivity index (χ4n) is 6.13. The highest BCUT2D eigenvalue weighted by atomic mass is 16.5. The molecule has 190 valence electrons. The highest BCUT2D eigenvalue weighted by Gasteiger charge is 2.34. The Labute approximate surface area is 221 Å². The van der Waals surface area contributed by atoms with Crippen LogP contribution in [0.3, 0.4) is 0 Å². The number of benzene rings is 2. The van der Waals surface area contributed by atoms with E-state index in [2.05, 4.69) is 17.9 Å². The average molecular weight is 506 g/mol. The van der Waals surface area contributed by atoms with Gasteiger partial charge in [0.1, 0.15) is 34.3 Å². The van der Waals surface area contributed by atoms with E-state index in [1.165, 1.54) is 23.2 Å². The number of aryl methyl sites for hydroxylation is 1. The predicted molar refractivity (Wildman–Crippen MR) is 144 cm³/mol. The van der Waals surface area contributed by atoms with Crippen LogP contribution < -0.4 is 14.4 Å². The van der Waals surface area contributed by atoms with Crippen LogP contribution in [0.15, 0.2) is 83.1 Å². The van der Waals surface area contributed by atoms with Crippen molar-refractivity contribution < 1.29 is 23.8 Å². The van der Waals surface area contributed by atoms with Crippen molar-refractivity contribution in [3.8, 4) is 11.5 Å². The monoisotopic (exact) mass is 505 g/mol. The number of carbonyl (C=O) groups excluding carboxylic acids is 2. The van der Waals surface area contributed by atoms with E-state index in [0.717, 1.165) is 49.2 Å². The Morgan fingerprint density at radius 3 is 2.58 bits per heavy atom. The van der Waals surface area contributed by atoms with Crippen LogP contribution in [0.1, 0.15) is 53.7 Å². The summed E-state index contributed by atoms with van der Waals surface area (Å²) < 4.78 is 18.0. The van der Waals surface area contributed by atoms with Gasteiger partial charge in [0.15, 0.2) is 0 Å². The molecule has 2 aromatic carbocycles. The lowest BCUT2D eigenvalue weighted by molar-refractivity contribution is -0.130. The van der Waals surface area contributed by atoms with E-state index in [1.807, 2.05) is 12.2 Å². The number of ether oxygens (including phenoxy) is 3. The highest BCUT2D eigenvalue weighted by Crippen LogP contribution is 2.47. The molecule has 5 heterocycles. The molecule has 5 aliphatic rings. The summed E-state index contributed by atoms with van der Waals surface area (Å²) in [6.07, 6.45) is 11.7. The van der Waals surface area contributed by atoms with Gasteiger partial charge in [-0.3, -0.25) is 4.79 Å². The molecular weight excluding hydrogens is 478 g/mol. The molecule has 5 aliphatic heterocycles. The number of anilines is 1. The predicted octanol–water partition coefficient (Wildman–Crippen LogP) is 5.98. The zero-order valence-electron chi connectivity index (χ0n) is 21.4. The third-order valence-corrected chi connectivity index (χ3v) is 7.75. The van der Waals surface area contributed by atoms with Gasteiger partial charge in [-0.05, 0) is 92.7 Å². The molecule has 0 atom stereocenters. The Kier molecular flexibility index (Phi) is 5.18. The lowest BCUT2D eigenvalue weighted by atomic mass is 9.86. The van der Waals surface area contributed by atoms with E-state index in [9.17, 15) is 9.59 Å². The maximum Gasteiger partial charge on any atom is 0.348 e. The molecule has 7 rings (SSSR count). The Morgan fingerprint density at radius 2 is 1.71 bits per heavy atom. The largest absolute Gasteiger partial charge is 0.462 e. The molecule has 0 saturated carbocycles. The van der Waals surface area contributed by atoms with E-state index < -0.39 is 5.97 Å². The van der Waals surface area contributed by atoms with Gasteiger partial charge in [0, 0.05) is 36.0 Å². The number of esters is 1. The summed E-state index contributed by atoms with van der Waals surface area (Å²) in [6, 6.07) is 9.09. The van der Waals surface area contributed by atoms with Crippen LogP contribution in [-0.4, -0.2) is 24.8 Å². The Bertz CT molecular complexity index is 1600. The van der Waals surface area contributed by atoms with Gasteiger partial charge >= 0.3 is 5.97 Å². The molecule has 0 saturated heterocycles. The number of carbonyl (C=O) groups is 2. The van der Waals surface area contributed by atoms with Crippen molar-refractivity contribution in [1.29, 1.82) is 0 Å². The van der Waals surface area contributed by atoms with Crippen molar-refractivity contribution in [3.63, 3.8) is 0 Å². The molecule has 0 N–H and O–H groups in total. The summed E-state index contributed by atoms with van der Waals surface area (Å²) in [7, 11) is 0. The standard InChI is InChI=1S/C32H27NO5/c1-18-13-22(37-31-25-9-6-12-33-11-5-7-20(29(25)33)16-26(18)31)17-23-15-21(14-19(2)36-23)28-30(34)24-8-3-4-10-27(24)38-32(28)35/h3-4,8,10,13-17H,5-7,9,11-12H2,1-2H3/b22-17+,28-21+. The van der Waals surface area contributed by atoms with Crippen LogP contribution in [0.4, 0.5) is 5.69 Å². The number of rotatable bonds is 1. The van der Waals surface area contributed by atoms with Crippen molar-refractivity contribution in [2.45, 2.75) is 39.5 Å². The molecule has 0 spiro atoms. The van der Waals surface area contributed by atoms with E-state index in [4.69, 9.17) is 14.2 Å². The third-order valence-electron chi connectivity index (χ3n) is 7.75. The number of nitrogens with zero attached hydrogens (tertiary/aromatic N) is 1. The summed E-state index contributed by atoms with van der Waals surface area (Å²) in [5, 5.41) is 0. The first-order chi connectivity index (χ1) is 18.5. The van der Waals surface area contributed by atoms with Gasteiger partial charge < -0.3 is 19.1 Å². The molecule has 0 aliphatic carbocycles. The molecule has 2 aromatic rings. The fraction of sp³-hybridized carbons (Fsp3) is 0.250. The van der Waals surface area contributed by atoms with Crippen LogP contribution in [0, 0.1) is 0 Å². The molecule has 0 amide bonds. The van der Waals surface area contributed by atoms with Crippen LogP contribution in [0.2, 0.25) is 0 Å². The van der Waals surface area contributed by atoms with Gasteiger partial charge in [0.05, 0.1) is 5.56 Å². The second kappa shape index (κ2) is 8.62. The molecule has 0 fully saturated rings. The number of ketones is 1. The summed E-state index contributed by atoms with van der Waals surface area (Å²) in [6.45, 7) is 6.11. The van der Waals surface area contributed by atoms with Crippen LogP contribution in [0.25, 0.3) is 5.57 Å². The van der Waals surface area contributed by atoms with Crippen molar-refractivity contribution in [2.24, 2.45) is 0 Å². The van der Waals surface area contributed by atoms with Crippen molar-refractivity contribution in [3.05, 3.63) is 105 Å². The zero-order chi connectivity index (χ0) is 26.0. The fourth-order valence-corrected chi connectivity index (χ4v) is 6.13. The third kappa shape index (κ3) is 3.63. The molecule has 0 unspecified atom stereocenters. The number of fused-ring (bicyclic) bond motifs is 3. The van der Waals surface area contributed by atoms with Crippen LogP contribution in [-0.2, 0) is 22.4 Å². The summed E-state index contributed by atoms with van der Waals surface area (Å²) in [5.41, 5.74) is 7.22. The van der Waals surface area contributed by atoms with Gasteiger partial charge in [-0.2, -0.15) is 0 Å². The molecule has 6 heteroatoms. The first-order valence-electron chi connectivity index (χ1n) is 13.2. The lowest BCUT2D eigenvalue weighted by Gasteiger charge is -2.39. The minimum atomic E-state index is -0.662. The number of allylic oxidation sites excluding steroid dienone is 7. The lowest BCUT2D eigenvalue weighted by Crippen LogP contribution is -2.35. The molecule has 0 bridgehead atoms. The molecule has 0 aromatic heterocycles. The molecule has 6 nitrogen and oxygen atoms in total. The second-order valence-corrected chi connectivity index (χ2v) is 10.4.